The molecule has 0 aromatic heterocycles. The van der Waals surface area contributed by atoms with Crippen LogP contribution in [0.15, 0.2) is 0 Å². The van der Waals surface area contributed by atoms with Gasteiger partial charge in [0.05, 0.1) is 24.4 Å². The zero-order valence-corrected chi connectivity index (χ0v) is 22.8. The van der Waals surface area contributed by atoms with Gasteiger partial charge >= 0.3 is 12.1 Å². The van der Waals surface area contributed by atoms with E-state index in [9.17, 15) is 9.59 Å². The molecule has 0 aromatic rings. The molecule has 0 unspecified atom stereocenters. The van der Waals surface area contributed by atoms with Gasteiger partial charge in [0.2, 0.25) is 0 Å². The van der Waals surface area contributed by atoms with Gasteiger partial charge in [-0.25, -0.2) is 9.59 Å². The van der Waals surface area contributed by atoms with E-state index in [1.54, 1.807) is 19.6 Å². The Morgan fingerprint density at radius 2 is 0.912 bits per heavy atom. The first-order valence-corrected chi connectivity index (χ1v) is 12.5. The van der Waals surface area contributed by atoms with E-state index < -0.39 is 11.3 Å². The summed E-state index contributed by atoms with van der Waals surface area (Å²) in [5.74, 6) is 0. The van der Waals surface area contributed by atoms with Crippen molar-refractivity contribution in [2.24, 2.45) is 0 Å². The molecular formula is C24H46N4O6. The number of hydrogen-bond donors (Lipinski definition) is 0. The topological polar surface area (TPSA) is 84.0 Å². The van der Waals surface area contributed by atoms with Crippen molar-refractivity contribution in [1.29, 1.82) is 0 Å². The molecule has 10 nitrogen and oxygen atoms in total. The standard InChI is InChI=1S/C24H46N4O6/c1-11-12-24-23(10,25(13-31-17(2)3)21(29)27(24)15-33-19(6)7)26(14-32-18(4)5)22(30)28(24)16-34-20(8)9/h17-20H,11-16H2,1-10H3. The number of hydrogen-bond acceptors (Lipinski definition) is 6. The molecule has 2 aliphatic rings. The highest BCUT2D eigenvalue weighted by Crippen LogP contribution is 2.53. The van der Waals surface area contributed by atoms with Gasteiger partial charge < -0.3 is 18.9 Å². The minimum atomic E-state index is -1.07. The van der Waals surface area contributed by atoms with E-state index in [2.05, 4.69) is 0 Å². The minimum absolute atomic E-state index is 0.0426. The number of rotatable bonds is 14. The Bertz CT molecular complexity index is 651. The molecule has 0 saturated carbocycles. The molecule has 0 aromatic carbocycles. The summed E-state index contributed by atoms with van der Waals surface area (Å²) >= 11 is 0. The normalized spacial score (nSPS) is 25.4. The first kappa shape index (κ1) is 28.6. The molecule has 0 radical (unpaired) electrons. The highest BCUT2D eigenvalue weighted by Gasteiger charge is 2.76. The lowest BCUT2D eigenvalue weighted by atomic mass is 9.89. The molecule has 0 atom stereocenters. The van der Waals surface area contributed by atoms with Crippen molar-refractivity contribution in [2.75, 3.05) is 26.9 Å². The second-order valence-corrected chi connectivity index (χ2v) is 10.2. The van der Waals surface area contributed by atoms with Crippen LogP contribution in [0.2, 0.25) is 0 Å². The molecule has 0 N–H and O–H groups in total. The van der Waals surface area contributed by atoms with Gasteiger partial charge in [-0.1, -0.05) is 13.3 Å². The lowest BCUT2D eigenvalue weighted by Crippen LogP contribution is -2.67. The Morgan fingerprint density at radius 3 is 1.18 bits per heavy atom. The smallest absolute Gasteiger partial charge is 0.327 e. The second-order valence-electron chi connectivity index (χ2n) is 10.2. The van der Waals surface area contributed by atoms with Crippen molar-refractivity contribution in [3.8, 4) is 0 Å². The van der Waals surface area contributed by atoms with E-state index in [1.165, 1.54) is 0 Å². The van der Waals surface area contributed by atoms with Crippen LogP contribution in [0.5, 0.6) is 0 Å². The summed E-state index contributed by atoms with van der Waals surface area (Å²) < 4.78 is 23.7. The van der Waals surface area contributed by atoms with E-state index in [1.807, 2.05) is 69.2 Å². The van der Waals surface area contributed by atoms with Crippen molar-refractivity contribution < 1.29 is 28.5 Å². The molecule has 0 bridgehead atoms. The Hall–Kier alpha value is -1.62. The Balaban J connectivity index is 2.69. The average molecular weight is 487 g/mol. The monoisotopic (exact) mass is 486 g/mol. The average Bonchev–Trinajstić information content (AvgIpc) is 3.00. The zero-order chi connectivity index (χ0) is 25.8. The van der Waals surface area contributed by atoms with Gasteiger partial charge in [-0.3, -0.25) is 19.6 Å². The molecule has 2 aliphatic heterocycles. The van der Waals surface area contributed by atoms with Crippen LogP contribution in [-0.4, -0.2) is 94.3 Å². The van der Waals surface area contributed by atoms with Crippen molar-refractivity contribution in [2.45, 2.75) is 118 Å². The number of amides is 4. The van der Waals surface area contributed by atoms with E-state index in [4.69, 9.17) is 18.9 Å². The third kappa shape index (κ3) is 5.15. The van der Waals surface area contributed by atoms with E-state index in [0.29, 0.717) is 6.42 Å². The maximum atomic E-state index is 13.9. The Labute approximate surface area is 205 Å². The van der Waals surface area contributed by atoms with E-state index in [-0.39, 0.29) is 63.4 Å². The van der Waals surface area contributed by atoms with Gasteiger partial charge in [0, 0.05) is 0 Å². The van der Waals surface area contributed by atoms with Gasteiger partial charge in [-0.2, -0.15) is 0 Å². The van der Waals surface area contributed by atoms with Crippen LogP contribution < -0.4 is 0 Å². The largest absolute Gasteiger partial charge is 0.358 e. The summed E-state index contributed by atoms with van der Waals surface area (Å²) in [4.78, 5) is 34.5. The SMILES string of the molecule is CCCC12N(COC(C)C)C(=O)N(COC(C)C)C1(C)N(COC(C)C)C(=O)N2COC(C)C. The maximum Gasteiger partial charge on any atom is 0.327 e. The molecule has 34 heavy (non-hydrogen) atoms. The third-order valence-corrected chi connectivity index (χ3v) is 6.37. The number of nitrogens with zero attached hydrogens (tertiary/aromatic N) is 4. The van der Waals surface area contributed by atoms with Crippen LogP contribution in [-0.2, 0) is 18.9 Å². The predicted molar refractivity (Wildman–Crippen MR) is 129 cm³/mol. The summed E-state index contributed by atoms with van der Waals surface area (Å²) in [7, 11) is 0. The fraction of sp³-hybridized carbons (Fsp3) is 0.917. The fourth-order valence-electron chi connectivity index (χ4n) is 4.65. The minimum Gasteiger partial charge on any atom is -0.358 e. The lowest BCUT2D eigenvalue weighted by Gasteiger charge is -2.48. The third-order valence-electron chi connectivity index (χ3n) is 6.37. The second kappa shape index (κ2) is 11.4. The van der Waals surface area contributed by atoms with Gasteiger partial charge in [0.25, 0.3) is 0 Å². The number of fused-ring (bicyclic) bond motifs is 1. The Morgan fingerprint density at radius 1 is 0.618 bits per heavy atom. The quantitative estimate of drug-likeness (QED) is 0.366. The number of carbonyl (C=O) groups is 2. The van der Waals surface area contributed by atoms with Gasteiger partial charge in [-0.15, -0.1) is 0 Å². The molecule has 10 heteroatoms. The van der Waals surface area contributed by atoms with Crippen molar-refractivity contribution in [3.05, 3.63) is 0 Å². The van der Waals surface area contributed by atoms with Crippen LogP contribution in [0.4, 0.5) is 9.59 Å². The number of carbonyl (C=O) groups excluding carboxylic acids is 2. The van der Waals surface area contributed by atoms with Crippen LogP contribution in [0.1, 0.15) is 82.1 Å². The van der Waals surface area contributed by atoms with Crippen molar-refractivity contribution in [3.63, 3.8) is 0 Å². The van der Waals surface area contributed by atoms with E-state index in [0.717, 1.165) is 6.42 Å². The number of ether oxygens (including phenoxy) is 4. The first-order chi connectivity index (χ1) is 15.8. The van der Waals surface area contributed by atoms with Crippen LogP contribution in [0.3, 0.4) is 0 Å². The summed E-state index contributed by atoms with van der Waals surface area (Å²) in [5, 5.41) is 0. The lowest BCUT2D eigenvalue weighted by molar-refractivity contribution is -0.149. The molecule has 198 valence electrons. The highest BCUT2D eigenvalue weighted by atomic mass is 16.5. The molecule has 2 heterocycles. The molecular weight excluding hydrogens is 440 g/mol. The summed E-state index contributed by atoms with van der Waals surface area (Å²) in [6.07, 6.45) is 0.935. The summed E-state index contributed by atoms with van der Waals surface area (Å²) in [6.45, 7) is 19.5. The number of urea groups is 2. The Kier molecular flexibility index (Phi) is 9.60. The van der Waals surface area contributed by atoms with Gasteiger partial charge in [0.15, 0.2) is 11.3 Å². The van der Waals surface area contributed by atoms with Crippen LogP contribution in [0, 0.1) is 0 Å². The molecule has 2 rings (SSSR count). The molecule has 2 fully saturated rings. The van der Waals surface area contributed by atoms with Crippen molar-refractivity contribution >= 4 is 12.1 Å². The van der Waals surface area contributed by atoms with Crippen LogP contribution >= 0.6 is 0 Å². The van der Waals surface area contributed by atoms with Crippen LogP contribution in [0.25, 0.3) is 0 Å². The zero-order valence-electron chi connectivity index (χ0n) is 22.8. The maximum absolute atomic E-state index is 13.9. The summed E-state index contributed by atoms with van der Waals surface area (Å²) in [6, 6.07) is -0.484. The fourth-order valence-corrected chi connectivity index (χ4v) is 4.65. The molecule has 2 saturated heterocycles. The molecule has 0 aliphatic carbocycles. The van der Waals surface area contributed by atoms with E-state index >= 15 is 0 Å². The van der Waals surface area contributed by atoms with Crippen molar-refractivity contribution in [1.82, 2.24) is 19.6 Å². The highest BCUT2D eigenvalue weighted by molar-refractivity contribution is 5.88. The molecule has 0 spiro atoms. The predicted octanol–water partition coefficient (Wildman–Crippen LogP) is 4.20. The van der Waals surface area contributed by atoms with Gasteiger partial charge in [-0.05, 0) is 68.7 Å². The molecule has 4 amide bonds. The van der Waals surface area contributed by atoms with Gasteiger partial charge in [0.1, 0.15) is 26.9 Å². The first-order valence-electron chi connectivity index (χ1n) is 12.5. The summed E-state index contributed by atoms with van der Waals surface area (Å²) in [5.41, 5.74) is -2.10.